The predicted molar refractivity (Wildman–Crippen MR) is 121 cm³/mol. The average molecular weight is 412 g/mol. The van der Waals surface area contributed by atoms with E-state index in [0.717, 1.165) is 41.7 Å². The minimum atomic E-state index is -0.171. The van der Waals surface area contributed by atoms with E-state index in [1.54, 1.807) is 14.2 Å². The van der Waals surface area contributed by atoms with Crippen LogP contribution in [0.25, 0.3) is 0 Å². The summed E-state index contributed by atoms with van der Waals surface area (Å²) in [4.78, 5) is 4.91. The van der Waals surface area contributed by atoms with E-state index in [1.165, 1.54) is 5.56 Å². The number of hydrogen-bond acceptors (Lipinski definition) is 4. The lowest BCUT2D eigenvalue weighted by Crippen LogP contribution is -2.41. The van der Waals surface area contributed by atoms with E-state index in [2.05, 4.69) is 43.5 Å². The van der Waals surface area contributed by atoms with Crippen molar-refractivity contribution >= 4 is 5.96 Å². The molecule has 3 rings (SSSR count). The van der Waals surface area contributed by atoms with E-state index in [-0.39, 0.29) is 11.5 Å². The van der Waals surface area contributed by atoms with Crippen molar-refractivity contribution in [3.63, 3.8) is 0 Å². The van der Waals surface area contributed by atoms with Crippen LogP contribution < -0.4 is 24.8 Å². The summed E-state index contributed by atoms with van der Waals surface area (Å²) in [5.41, 5.74) is 2.15. The van der Waals surface area contributed by atoms with E-state index in [0.29, 0.717) is 13.2 Å². The highest BCUT2D eigenvalue weighted by Crippen LogP contribution is 2.34. The Bertz CT molecular complexity index is 880. The van der Waals surface area contributed by atoms with Crippen LogP contribution >= 0.6 is 0 Å². The Morgan fingerprint density at radius 1 is 1.13 bits per heavy atom. The topological polar surface area (TPSA) is 64.1 Å². The number of nitrogens with zero attached hydrogens (tertiary/aromatic N) is 1. The summed E-state index contributed by atoms with van der Waals surface area (Å²) in [5, 5.41) is 6.97. The zero-order valence-electron chi connectivity index (χ0n) is 18.6. The van der Waals surface area contributed by atoms with Crippen molar-refractivity contribution in [3.8, 4) is 17.2 Å². The highest BCUT2D eigenvalue weighted by atomic mass is 16.5. The van der Waals surface area contributed by atoms with Gasteiger partial charge in [-0.15, -0.1) is 0 Å². The second-order valence-electron chi connectivity index (χ2n) is 8.02. The monoisotopic (exact) mass is 411 g/mol. The Balaban J connectivity index is 1.77. The van der Waals surface area contributed by atoms with Crippen molar-refractivity contribution in [1.29, 1.82) is 0 Å². The number of guanidine groups is 1. The average Bonchev–Trinajstić information content (AvgIpc) is 2.77. The molecule has 0 aliphatic carbocycles. The van der Waals surface area contributed by atoms with Gasteiger partial charge in [-0.05, 0) is 30.7 Å². The first kappa shape index (κ1) is 21.8. The number of ether oxygens (including phenoxy) is 3. The molecular weight excluding hydrogens is 378 g/mol. The van der Waals surface area contributed by atoms with Crippen LogP contribution in [0.2, 0.25) is 0 Å². The molecule has 0 spiro atoms. The van der Waals surface area contributed by atoms with Crippen molar-refractivity contribution in [1.82, 2.24) is 10.6 Å². The first-order valence-corrected chi connectivity index (χ1v) is 10.5. The number of methoxy groups -OCH3 is 2. The minimum Gasteiger partial charge on any atom is -0.493 e. The molecule has 1 aliphatic rings. The Kier molecular flexibility index (Phi) is 7.08. The largest absolute Gasteiger partial charge is 0.493 e. The molecule has 0 aromatic heterocycles. The molecule has 0 fully saturated rings. The molecule has 0 radical (unpaired) electrons. The van der Waals surface area contributed by atoms with E-state index in [1.807, 2.05) is 30.3 Å². The molecule has 6 nitrogen and oxygen atoms in total. The highest BCUT2D eigenvalue weighted by molar-refractivity contribution is 5.80. The van der Waals surface area contributed by atoms with Crippen LogP contribution in [0.5, 0.6) is 17.2 Å². The lowest BCUT2D eigenvalue weighted by Gasteiger charge is -2.29. The fourth-order valence-electron chi connectivity index (χ4n) is 3.60. The number of aliphatic imine (C=N–C) groups is 1. The summed E-state index contributed by atoms with van der Waals surface area (Å²) in [6, 6.07) is 14.4. The van der Waals surface area contributed by atoms with Gasteiger partial charge in [0.05, 0.1) is 33.4 Å². The van der Waals surface area contributed by atoms with Gasteiger partial charge in [0.25, 0.3) is 0 Å². The van der Waals surface area contributed by atoms with Gasteiger partial charge in [0, 0.05) is 23.9 Å². The van der Waals surface area contributed by atoms with Gasteiger partial charge in [0.2, 0.25) is 0 Å². The molecule has 30 heavy (non-hydrogen) atoms. The summed E-state index contributed by atoms with van der Waals surface area (Å²) in [6.45, 7) is 8.58. The second kappa shape index (κ2) is 9.74. The van der Waals surface area contributed by atoms with E-state index >= 15 is 0 Å². The third-order valence-electron chi connectivity index (χ3n) is 5.41. The van der Waals surface area contributed by atoms with E-state index < -0.39 is 0 Å². The maximum atomic E-state index is 5.79. The highest BCUT2D eigenvalue weighted by Gasteiger charge is 2.24. The normalized spacial score (nSPS) is 16.3. The number of benzene rings is 2. The van der Waals surface area contributed by atoms with Gasteiger partial charge in [-0.2, -0.15) is 0 Å². The van der Waals surface area contributed by atoms with Crippen molar-refractivity contribution in [3.05, 3.63) is 53.6 Å². The quantitative estimate of drug-likeness (QED) is 0.531. The summed E-state index contributed by atoms with van der Waals surface area (Å²) >= 11 is 0. The van der Waals surface area contributed by atoms with Gasteiger partial charge in [0.15, 0.2) is 17.5 Å². The molecular formula is C24H33N3O3. The fraction of sp³-hybridized carbons (Fsp3) is 0.458. The van der Waals surface area contributed by atoms with Crippen LogP contribution in [-0.4, -0.2) is 39.9 Å². The first-order valence-electron chi connectivity index (χ1n) is 10.5. The van der Waals surface area contributed by atoms with Gasteiger partial charge in [-0.1, -0.05) is 38.1 Å². The third-order valence-corrected chi connectivity index (χ3v) is 5.41. The molecule has 1 unspecified atom stereocenters. The molecule has 1 aliphatic heterocycles. The Morgan fingerprint density at radius 2 is 1.90 bits per heavy atom. The summed E-state index contributed by atoms with van der Waals surface area (Å²) in [7, 11) is 3.31. The van der Waals surface area contributed by atoms with Crippen molar-refractivity contribution in [2.75, 3.05) is 33.9 Å². The zero-order valence-corrected chi connectivity index (χ0v) is 18.6. The summed E-state index contributed by atoms with van der Waals surface area (Å²) < 4.78 is 16.6. The van der Waals surface area contributed by atoms with Gasteiger partial charge >= 0.3 is 0 Å². The standard InChI is InChI=1S/C24H33N3O3/c1-6-25-23(27-19-13-14-30-20-10-8-7-9-18(19)20)26-16-24(2,3)17-11-12-21(28-4)22(15-17)29-5/h7-12,15,19H,6,13-14,16H2,1-5H3,(H2,25,26,27). The first-order chi connectivity index (χ1) is 14.5. The second-order valence-corrected chi connectivity index (χ2v) is 8.02. The van der Waals surface area contributed by atoms with Crippen LogP contribution in [0, 0.1) is 0 Å². The van der Waals surface area contributed by atoms with Crippen LogP contribution in [-0.2, 0) is 5.41 Å². The minimum absolute atomic E-state index is 0.171. The number of nitrogens with one attached hydrogen (secondary N) is 2. The lowest BCUT2D eigenvalue weighted by atomic mass is 9.84. The van der Waals surface area contributed by atoms with Crippen molar-refractivity contribution < 1.29 is 14.2 Å². The maximum absolute atomic E-state index is 5.79. The van der Waals surface area contributed by atoms with Crippen molar-refractivity contribution in [2.24, 2.45) is 4.99 Å². The molecule has 0 bridgehead atoms. The fourth-order valence-corrected chi connectivity index (χ4v) is 3.60. The molecule has 2 aromatic rings. The van der Waals surface area contributed by atoms with Crippen LogP contribution in [0.1, 0.15) is 44.4 Å². The number of hydrogen-bond donors (Lipinski definition) is 2. The summed E-state index contributed by atoms with van der Waals surface area (Å²) in [6.07, 6.45) is 0.903. The van der Waals surface area contributed by atoms with E-state index in [9.17, 15) is 0 Å². The Hall–Kier alpha value is -2.89. The molecule has 0 saturated heterocycles. The summed E-state index contributed by atoms with van der Waals surface area (Å²) in [5.74, 6) is 3.22. The molecule has 0 amide bonds. The third kappa shape index (κ3) is 4.99. The number of para-hydroxylation sites is 1. The van der Waals surface area contributed by atoms with Gasteiger partial charge in [-0.3, -0.25) is 4.99 Å². The molecule has 162 valence electrons. The molecule has 2 aromatic carbocycles. The maximum Gasteiger partial charge on any atom is 0.191 e. The molecule has 1 heterocycles. The Labute approximate surface area is 179 Å². The Morgan fingerprint density at radius 3 is 2.63 bits per heavy atom. The van der Waals surface area contributed by atoms with Gasteiger partial charge in [0.1, 0.15) is 5.75 Å². The number of rotatable bonds is 7. The zero-order chi connectivity index (χ0) is 21.6. The predicted octanol–water partition coefficient (Wildman–Crippen LogP) is 4.06. The SMILES string of the molecule is CCNC(=NCC(C)(C)c1ccc(OC)c(OC)c1)NC1CCOc2ccccc21. The molecule has 6 heteroatoms. The van der Waals surface area contributed by atoms with E-state index in [4.69, 9.17) is 19.2 Å². The van der Waals surface area contributed by atoms with Crippen LogP contribution in [0.3, 0.4) is 0 Å². The molecule has 1 atom stereocenters. The van der Waals surface area contributed by atoms with Gasteiger partial charge < -0.3 is 24.8 Å². The van der Waals surface area contributed by atoms with Crippen LogP contribution in [0.4, 0.5) is 0 Å². The van der Waals surface area contributed by atoms with Crippen molar-refractivity contribution in [2.45, 2.75) is 38.6 Å². The number of fused-ring (bicyclic) bond motifs is 1. The van der Waals surface area contributed by atoms with Gasteiger partial charge in [-0.25, -0.2) is 0 Å². The van der Waals surface area contributed by atoms with Crippen LogP contribution in [0.15, 0.2) is 47.5 Å². The lowest BCUT2D eigenvalue weighted by molar-refractivity contribution is 0.261. The molecule has 0 saturated carbocycles. The molecule has 2 N–H and O–H groups in total. The smallest absolute Gasteiger partial charge is 0.191 e.